The first-order valence-electron chi connectivity index (χ1n) is 12.3. The first-order valence-corrected chi connectivity index (χ1v) is 13.7. The third kappa shape index (κ3) is 6.16. The molecule has 10 heteroatoms. The number of anilines is 1. The van der Waals surface area contributed by atoms with E-state index < -0.39 is 21.9 Å². The largest absolute Gasteiger partial charge is 0.488 e. The van der Waals surface area contributed by atoms with Gasteiger partial charge in [0, 0.05) is 31.2 Å². The lowest BCUT2D eigenvalue weighted by molar-refractivity contribution is 0.0344. The van der Waals surface area contributed by atoms with Gasteiger partial charge in [-0.15, -0.1) is 0 Å². The zero-order valence-corrected chi connectivity index (χ0v) is 21.7. The average Bonchev–Trinajstić information content (AvgIpc) is 3.65. The van der Waals surface area contributed by atoms with E-state index in [9.17, 15) is 22.7 Å². The summed E-state index contributed by atoms with van der Waals surface area (Å²) < 4.78 is 47.7. The minimum Gasteiger partial charge on any atom is -0.488 e. The quantitative estimate of drug-likeness (QED) is 0.528. The molecule has 3 atom stereocenters. The molecule has 2 aliphatic rings. The van der Waals surface area contributed by atoms with Gasteiger partial charge in [-0.25, -0.2) is 12.8 Å². The van der Waals surface area contributed by atoms with Gasteiger partial charge >= 0.3 is 0 Å². The summed E-state index contributed by atoms with van der Waals surface area (Å²) in [6, 6.07) is 8.67. The molecule has 0 radical (unpaired) electrons. The van der Waals surface area contributed by atoms with Crippen molar-refractivity contribution >= 4 is 21.6 Å². The fraction of sp³-hybridized carbons (Fsp3) is 0.500. The van der Waals surface area contributed by atoms with E-state index in [2.05, 4.69) is 16.7 Å². The van der Waals surface area contributed by atoms with Crippen molar-refractivity contribution in [2.45, 2.75) is 43.7 Å². The lowest BCUT2D eigenvalue weighted by atomic mass is 9.99. The summed E-state index contributed by atoms with van der Waals surface area (Å²) >= 11 is 0. The molecule has 0 saturated heterocycles. The number of sulfonamides is 1. The number of amides is 1. The van der Waals surface area contributed by atoms with Crippen LogP contribution in [-0.4, -0.2) is 74.7 Å². The van der Waals surface area contributed by atoms with E-state index in [0.717, 1.165) is 24.6 Å². The Morgan fingerprint density at radius 2 is 1.89 bits per heavy atom. The van der Waals surface area contributed by atoms with E-state index in [4.69, 9.17) is 4.74 Å². The molecule has 0 unspecified atom stereocenters. The number of carbonyl (C=O) groups is 1. The van der Waals surface area contributed by atoms with Crippen LogP contribution in [0.25, 0.3) is 0 Å². The smallest absolute Gasteiger partial charge is 0.261 e. The van der Waals surface area contributed by atoms with Crippen molar-refractivity contribution < 1.29 is 27.4 Å². The van der Waals surface area contributed by atoms with Gasteiger partial charge in [0.2, 0.25) is 0 Å². The normalized spacial score (nSPS) is 21.4. The zero-order chi connectivity index (χ0) is 26.0. The number of fused-ring (bicyclic) bond motifs is 1. The zero-order valence-electron chi connectivity index (χ0n) is 20.9. The first-order chi connectivity index (χ1) is 17.1. The van der Waals surface area contributed by atoms with Crippen molar-refractivity contribution in [2.24, 2.45) is 11.8 Å². The number of ether oxygens (including phenoxy) is 1. The topological polar surface area (TPSA) is 99.2 Å². The molecule has 0 aromatic heterocycles. The van der Waals surface area contributed by atoms with Crippen molar-refractivity contribution in [3.63, 3.8) is 0 Å². The maximum Gasteiger partial charge on any atom is 0.261 e. The lowest BCUT2D eigenvalue weighted by Crippen LogP contribution is -2.50. The SMILES string of the molecule is C[C@H]1CN([C@@H](C)CO)C(=O)c2cc(NS(=O)(=O)c3ccc(F)cc3)ccc2O[C@@H]1CN(C)CC1CC1. The Kier molecular flexibility index (Phi) is 7.87. The number of halogens is 1. The molecule has 1 aliphatic heterocycles. The van der Waals surface area contributed by atoms with E-state index >= 15 is 0 Å². The summed E-state index contributed by atoms with van der Waals surface area (Å²) in [6.45, 7) is 5.70. The van der Waals surface area contributed by atoms with Crippen LogP contribution in [-0.2, 0) is 10.0 Å². The van der Waals surface area contributed by atoms with Gasteiger partial charge in [-0.1, -0.05) is 6.92 Å². The molecule has 8 nitrogen and oxygen atoms in total. The Bertz CT molecular complexity index is 1190. The van der Waals surface area contributed by atoms with Gasteiger partial charge in [-0.3, -0.25) is 9.52 Å². The number of hydrogen-bond donors (Lipinski definition) is 2. The number of carbonyl (C=O) groups excluding carboxylic acids is 1. The molecule has 1 amide bonds. The molecule has 36 heavy (non-hydrogen) atoms. The molecular weight excluding hydrogens is 485 g/mol. The third-order valence-corrected chi connectivity index (χ3v) is 8.20. The minimum absolute atomic E-state index is 0.00871. The predicted octanol–water partition coefficient (Wildman–Crippen LogP) is 3.19. The molecular formula is C26H34FN3O5S. The summed E-state index contributed by atoms with van der Waals surface area (Å²) in [7, 11) is -1.92. The molecule has 1 fully saturated rings. The maximum absolute atomic E-state index is 13.5. The Hall–Kier alpha value is -2.69. The first kappa shape index (κ1) is 26.4. The highest BCUT2D eigenvalue weighted by Crippen LogP contribution is 2.33. The molecule has 0 bridgehead atoms. The molecule has 4 rings (SSSR count). The van der Waals surface area contributed by atoms with Crippen molar-refractivity contribution in [1.29, 1.82) is 0 Å². The standard InChI is InChI=1S/C26H34FN3O5S/c1-17-13-30(18(2)16-31)26(32)23-12-21(28-36(33,34)22-9-6-20(27)7-10-22)8-11-24(23)35-25(17)15-29(3)14-19-4-5-19/h6-12,17-19,25,28,31H,4-5,13-16H2,1-3H3/t17-,18-,25+/m0/s1. The van der Waals surface area contributed by atoms with Crippen LogP contribution in [0.5, 0.6) is 5.75 Å². The Balaban J connectivity index is 1.64. The van der Waals surface area contributed by atoms with Crippen molar-refractivity contribution in [3.05, 3.63) is 53.8 Å². The van der Waals surface area contributed by atoms with Gasteiger partial charge in [-0.05, 0) is 75.2 Å². The van der Waals surface area contributed by atoms with Crippen molar-refractivity contribution in [3.8, 4) is 5.75 Å². The monoisotopic (exact) mass is 519 g/mol. The number of nitrogens with one attached hydrogen (secondary N) is 1. The maximum atomic E-state index is 13.5. The molecule has 1 saturated carbocycles. The van der Waals surface area contributed by atoms with Gasteiger partial charge in [0.15, 0.2) is 0 Å². The van der Waals surface area contributed by atoms with Gasteiger partial charge in [0.25, 0.3) is 15.9 Å². The van der Waals surface area contributed by atoms with Crippen LogP contribution in [0.3, 0.4) is 0 Å². The molecule has 2 aromatic rings. The molecule has 196 valence electrons. The summed E-state index contributed by atoms with van der Waals surface area (Å²) in [6.07, 6.45) is 2.30. The number of likely N-dealkylation sites (N-methyl/N-ethyl adjacent to an activating group) is 1. The molecule has 2 aromatic carbocycles. The summed E-state index contributed by atoms with van der Waals surface area (Å²) in [5, 5.41) is 9.82. The number of aliphatic hydroxyl groups excluding tert-OH is 1. The van der Waals surface area contributed by atoms with Crippen LogP contribution in [0.4, 0.5) is 10.1 Å². The highest BCUT2D eigenvalue weighted by atomic mass is 32.2. The van der Waals surface area contributed by atoms with E-state index in [1.807, 2.05) is 6.92 Å². The van der Waals surface area contributed by atoms with E-state index in [1.54, 1.807) is 24.0 Å². The third-order valence-electron chi connectivity index (χ3n) is 6.80. The van der Waals surface area contributed by atoms with E-state index in [-0.39, 0.29) is 40.7 Å². The minimum atomic E-state index is -4.00. The van der Waals surface area contributed by atoms with Crippen LogP contribution in [0.2, 0.25) is 0 Å². The van der Waals surface area contributed by atoms with Gasteiger partial charge in [0.05, 0.1) is 23.1 Å². The van der Waals surface area contributed by atoms with Crippen LogP contribution >= 0.6 is 0 Å². The van der Waals surface area contributed by atoms with E-state index in [1.165, 1.54) is 31.0 Å². The van der Waals surface area contributed by atoms with Crippen LogP contribution in [0.1, 0.15) is 37.0 Å². The number of aliphatic hydroxyl groups is 1. The second-order valence-corrected chi connectivity index (χ2v) is 11.7. The molecule has 1 aliphatic carbocycles. The van der Waals surface area contributed by atoms with Crippen LogP contribution in [0, 0.1) is 17.7 Å². The van der Waals surface area contributed by atoms with Crippen LogP contribution in [0.15, 0.2) is 47.4 Å². The Morgan fingerprint density at radius 3 is 2.53 bits per heavy atom. The van der Waals surface area contributed by atoms with Crippen molar-refractivity contribution in [1.82, 2.24) is 9.80 Å². The predicted molar refractivity (Wildman–Crippen MR) is 135 cm³/mol. The number of nitrogens with zero attached hydrogens (tertiary/aromatic N) is 2. The second kappa shape index (κ2) is 10.7. The number of rotatable bonds is 9. The van der Waals surface area contributed by atoms with Gasteiger partial charge in [-0.2, -0.15) is 0 Å². The summed E-state index contributed by atoms with van der Waals surface area (Å²) in [5.41, 5.74) is 0.402. The summed E-state index contributed by atoms with van der Waals surface area (Å²) in [5.74, 6) is 0.231. The van der Waals surface area contributed by atoms with Crippen molar-refractivity contribution in [2.75, 3.05) is 38.0 Å². The lowest BCUT2D eigenvalue weighted by Gasteiger charge is -2.38. The molecule has 1 heterocycles. The highest BCUT2D eigenvalue weighted by molar-refractivity contribution is 7.92. The van der Waals surface area contributed by atoms with Crippen LogP contribution < -0.4 is 9.46 Å². The second-order valence-electron chi connectivity index (χ2n) is 10.1. The highest BCUT2D eigenvalue weighted by Gasteiger charge is 2.34. The fourth-order valence-corrected chi connectivity index (χ4v) is 5.50. The molecule has 0 spiro atoms. The summed E-state index contributed by atoms with van der Waals surface area (Å²) in [4.78, 5) is 17.3. The molecule has 2 N–H and O–H groups in total. The van der Waals surface area contributed by atoms with Gasteiger partial charge < -0.3 is 19.6 Å². The van der Waals surface area contributed by atoms with E-state index in [0.29, 0.717) is 18.8 Å². The number of benzene rings is 2. The number of hydrogen-bond acceptors (Lipinski definition) is 6. The Morgan fingerprint density at radius 1 is 1.19 bits per heavy atom. The average molecular weight is 520 g/mol. The Labute approximate surface area is 212 Å². The van der Waals surface area contributed by atoms with Gasteiger partial charge in [0.1, 0.15) is 17.7 Å². The fourth-order valence-electron chi connectivity index (χ4n) is 4.45.